The van der Waals surface area contributed by atoms with Crippen molar-refractivity contribution in [2.24, 2.45) is 0 Å². The maximum absolute atomic E-state index is 12.4. The molecule has 25 heavy (non-hydrogen) atoms. The monoisotopic (exact) mass is 375 g/mol. The predicted molar refractivity (Wildman–Crippen MR) is 101 cm³/mol. The summed E-state index contributed by atoms with van der Waals surface area (Å²) in [5.41, 5.74) is 7.77. The molecule has 3 rings (SSSR count). The largest absolute Gasteiger partial charge is 0.367 e. The number of amides is 1. The first-order valence-electron chi connectivity index (χ1n) is 7.98. The van der Waals surface area contributed by atoms with E-state index in [1.165, 1.54) is 16.9 Å². The molecule has 0 saturated carbocycles. The van der Waals surface area contributed by atoms with Crippen LogP contribution in [0.5, 0.6) is 0 Å². The first-order valence-corrected chi connectivity index (χ1v) is 9.17. The molecule has 0 aliphatic carbocycles. The van der Waals surface area contributed by atoms with Gasteiger partial charge in [0, 0.05) is 6.54 Å². The van der Waals surface area contributed by atoms with Crippen molar-refractivity contribution in [3.05, 3.63) is 57.9 Å². The fourth-order valence-electron chi connectivity index (χ4n) is 2.52. The van der Waals surface area contributed by atoms with Gasteiger partial charge in [-0.15, -0.1) is 11.3 Å². The topological polar surface area (TPSA) is 81.2 Å². The lowest BCUT2D eigenvalue weighted by molar-refractivity contribution is 0.0954. The SMILES string of the molecule is Nc1onc(-c2ccc(Cl)s2)c1C(=O)NCCCCc1ccccc1. The van der Waals surface area contributed by atoms with Crippen LogP contribution in [0.2, 0.25) is 4.34 Å². The van der Waals surface area contributed by atoms with E-state index in [0.717, 1.165) is 24.1 Å². The Morgan fingerprint density at radius 1 is 1.20 bits per heavy atom. The molecule has 5 nitrogen and oxygen atoms in total. The summed E-state index contributed by atoms with van der Waals surface area (Å²) in [4.78, 5) is 13.2. The fourth-order valence-corrected chi connectivity index (χ4v) is 3.55. The number of nitrogens with two attached hydrogens (primary N) is 1. The number of benzene rings is 1. The molecule has 0 aliphatic rings. The number of nitrogen functional groups attached to an aromatic ring is 1. The normalized spacial score (nSPS) is 10.8. The number of anilines is 1. The Morgan fingerprint density at radius 2 is 2.00 bits per heavy atom. The molecule has 0 bridgehead atoms. The van der Waals surface area contributed by atoms with Crippen LogP contribution in [0.15, 0.2) is 47.0 Å². The molecule has 2 aromatic heterocycles. The number of carbonyl (C=O) groups excluding carboxylic acids is 1. The lowest BCUT2D eigenvalue weighted by Crippen LogP contribution is -2.25. The van der Waals surface area contributed by atoms with Gasteiger partial charge in [0.1, 0.15) is 11.3 Å². The van der Waals surface area contributed by atoms with E-state index in [1.54, 1.807) is 12.1 Å². The van der Waals surface area contributed by atoms with Crippen molar-refractivity contribution in [1.82, 2.24) is 10.5 Å². The lowest BCUT2D eigenvalue weighted by atomic mass is 10.1. The summed E-state index contributed by atoms with van der Waals surface area (Å²) in [6.07, 6.45) is 2.87. The molecular formula is C18H18ClN3O2S. The number of carbonyl (C=O) groups is 1. The Kier molecular flexibility index (Phi) is 5.73. The van der Waals surface area contributed by atoms with E-state index in [4.69, 9.17) is 21.9 Å². The number of rotatable bonds is 7. The molecule has 0 spiro atoms. The molecule has 1 amide bonds. The average Bonchev–Trinajstić information content (AvgIpc) is 3.21. The number of nitrogens with zero attached hydrogens (tertiary/aromatic N) is 1. The zero-order chi connectivity index (χ0) is 17.6. The summed E-state index contributed by atoms with van der Waals surface area (Å²) in [6, 6.07) is 13.8. The van der Waals surface area contributed by atoms with Crippen LogP contribution in [0.1, 0.15) is 28.8 Å². The van der Waals surface area contributed by atoms with Crippen LogP contribution in [0, 0.1) is 0 Å². The number of halogens is 1. The molecule has 0 radical (unpaired) electrons. The standard InChI is InChI=1S/C18H18ClN3O2S/c19-14-10-9-13(25-14)16-15(17(20)24-22-16)18(23)21-11-5-4-8-12-6-2-1-3-7-12/h1-3,6-7,9-10H,4-5,8,11,20H2,(H,21,23). The molecule has 0 aliphatic heterocycles. The van der Waals surface area contributed by atoms with Gasteiger partial charge >= 0.3 is 0 Å². The van der Waals surface area contributed by atoms with Gasteiger partial charge < -0.3 is 15.6 Å². The Hall–Kier alpha value is -2.31. The molecule has 0 unspecified atom stereocenters. The summed E-state index contributed by atoms with van der Waals surface area (Å²) in [5, 5.41) is 6.78. The number of unbranched alkanes of at least 4 members (excludes halogenated alkanes) is 1. The quantitative estimate of drug-likeness (QED) is 0.600. The van der Waals surface area contributed by atoms with Crippen LogP contribution in [0.3, 0.4) is 0 Å². The third-order valence-electron chi connectivity index (χ3n) is 3.77. The molecule has 7 heteroatoms. The van der Waals surface area contributed by atoms with Crippen LogP contribution in [-0.4, -0.2) is 17.6 Å². The van der Waals surface area contributed by atoms with E-state index in [-0.39, 0.29) is 17.4 Å². The Morgan fingerprint density at radius 3 is 2.72 bits per heavy atom. The highest BCUT2D eigenvalue weighted by Gasteiger charge is 2.23. The molecule has 2 heterocycles. The molecule has 3 aromatic rings. The number of hydrogen-bond donors (Lipinski definition) is 2. The highest BCUT2D eigenvalue weighted by atomic mass is 35.5. The highest BCUT2D eigenvalue weighted by Crippen LogP contribution is 2.34. The number of hydrogen-bond acceptors (Lipinski definition) is 5. The van der Waals surface area contributed by atoms with Gasteiger partial charge in [-0.2, -0.15) is 0 Å². The van der Waals surface area contributed by atoms with Gasteiger partial charge in [-0.1, -0.05) is 47.1 Å². The third kappa shape index (κ3) is 4.41. The number of nitrogens with one attached hydrogen (secondary N) is 1. The lowest BCUT2D eigenvalue weighted by Gasteiger charge is -2.05. The van der Waals surface area contributed by atoms with Crippen molar-refractivity contribution in [1.29, 1.82) is 0 Å². The molecule has 130 valence electrons. The summed E-state index contributed by atoms with van der Waals surface area (Å²) in [7, 11) is 0. The first kappa shape index (κ1) is 17.5. The summed E-state index contributed by atoms with van der Waals surface area (Å²) in [5.74, 6) is -0.265. The van der Waals surface area contributed by atoms with Crippen LogP contribution in [-0.2, 0) is 6.42 Å². The number of aryl methyl sites for hydroxylation is 1. The van der Waals surface area contributed by atoms with E-state index >= 15 is 0 Å². The number of thiophene rings is 1. The second-order valence-electron chi connectivity index (χ2n) is 5.57. The van der Waals surface area contributed by atoms with Crippen molar-refractivity contribution in [2.45, 2.75) is 19.3 Å². The summed E-state index contributed by atoms with van der Waals surface area (Å²) < 4.78 is 5.61. The van der Waals surface area contributed by atoms with E-state index in [1.807, 2.05) is 18.2 Å². The minimum atomic E-state index is -0.280. The fraction of sp³-hybridized carbons (Fsp3) is 0.222. The average molecular weight is 376 g/mol. The summed E-state index contributed by atoms with van der Waals surface area (Å²) >= 11 is 7.27. The van der Waals surface area contributed by atoms with Crippen molar-refractivity contribution in [3.63, 3.8) is 0 Å². The van der Waals surface area contributed by atoms with Gasteiger partial charge in [0.05, 0.1) is 9.21 Å². The van der Waals surface area contributed by atoms with Crippen LogP contribution < -0.4 is 11.1 Å². The van der Waals surface area contributed by atoms with Gasteiger partial charge in [-0.3, -0.25) is 4.79 Å². The van der Waals surface area contributed by atoms with Gasteiger partial charge in [0.25, 0.3) is 5.91 Å². The predicted octanol–water partition coefficient (Wildman–Crippen LogP) is 4.39. The van der Waals surface area contributed by atoms with Crippen LogP contribution >= 0.6 is 22.9 Å². The van der Waals surface area contributed by atoms with E-state index in [9.17, 15) is 4.79 Å². The molecule has 0 fully saturated rings. The Bertz CT molecular complexity index is 845. The maximum Gasteiger partial charge on any atom is 0.259 e. The minimum absolute atomic E-state index is 0.0151. The van der Waals surface area contributed by atoms with Crippen LogP contribution in [0.4, 0.5) is 5.88 Å². The van der Waals surface area contributed by atoms with Gasteiger partial charge in [-0.05, 0) is 37.0 Å². The maximum atomic E-state index is 12.4. The van der Waals surface area contributed by atoms with Gasteiger partial charge in [0.2, 0.25) is 5.88 Å². The highest BCUT2D eigenvalue weighted by molar-refractivity contribution is 7.19. The molecule has 0 saturated heterocycles. The molecule has 3 N–H and O–H groups in total. The summed E-state index contributed by atoms with van der Waals surface area (Å²) in [6.45, 7) is 0.570. The van der Waals surface area contributed by atoms with E-state index in [2.05, 4.69) is 22.6 Å². The third-order valence-corrected chi connectivity index (χ3v) is 5.01. The van der Waals surface area contributed by atoms with E-state index < -0.39 is 0 Å². The molecule has 0 atom stereocenters. The minimum Gasteiger partial charge on any atom is -0.367 e. The second-order valence-corrected chi connectivity index (χ2v) is 7.29. The van der Waals surface area contributed by atoms with Crippen molar-refractivity contribution >= 4 is 34.7 Å². The first-order chi connectivity index (χ1) is 12.1. The molecular weight excluding hydrogens is 358 g/mol. The smallest absolute Gasteiger partial charge is 0.259 e. The van der Waals surface area contributed by atoms with E-state index in [0.29, 0.717) is 16.6 Å². The van der Waals surface area contributed by atoms with Crippen molar-refractivity contribution in [3.8, 4) is 10.6 Å². The second kappa shape index (κ2) is 8.18. The van der Waals surface area contributed by atoms with Gasteiger partial charge in [0.15, 0.2) is 0 Å². The Balaban J connectivity index is 1.54. The zero-order valence-corrected chi connectivity index (χ0v) is 15.1. The van der Waals surface area contributed by atoms with Crippen molar-refractivity contribution < 1.29 is 9.32 Å². The van der Waals surface area contributed by atoms with Crippen LogP contribution in [0.25, 0.3) is 10.6 Å². The van der Waals surface area contributed by atoms with Crippen molar-refractivity contribution in [2.75, 3.05) is 12.3 Å². The van der Waals surface area contributed by atoms with Gasteiger partial charge in [-0.25, -0.2) is 0 Å². The zero-order valence-electron chi connectivity index (χ0n) is 13.5. The Labute approximate surface area is 154 Å². The molecule has 1 aromatic carbocycles. The number of aromatic nitrogens is 1.